The lowest BCUT2D eigenvalue weighted by molar-refractivity contribution is 0.393. The zero-order valence-corrected chi connectivity index (χ0v) is 11.2. The molecular formula is C14H11ClN2O2. The molecule has 3 aromatic rings. The van der Waals surface area contributed by atoms with Gasteiger partial charge in [-0.3, -0.25) is 4.98 Å². The standard InChI is InChI=1S/C14H11ClN2O2/c1-7-14(8(2)19-17-7)9-6-12-10(5-11(9)15)13(18)3-4-16-12/h3-6H,1-2H3,(H,16,18). The summed E-state index contributed by atoms with van der Waals surface area (Å²) in [5.41, 5.74) is 3.14. The quantitative estimate of drug-likeness (QED) is 0.732. The van der Waals surface area contributed by atoms with Gasteiger partial charge in [0.05, 0.1) is 11.2 Å². The molecule has 2 heterocycles. The van der Waals surface area contributed by atoms with E-state index in [-0.39, 0.29) is 5.75 Å². The second-order valence-electron chi connectivity index (χ2n) is 4.38. The number of benzene rings is 1. The molecule has 96 valence electrons. The van der Waals surface area contributed by atoms with E-state index in [1.54, 1.807) is 12.3 Å². The molecular weight excluding hydrogens is 264 g/mol. The van der Waals surface area contributed by atoms with Crippen molar-refractivity contribution in [3.63, 3.8) is 0 Å². The van der Waals surface area contributed by atoms with Crippen LogP contribution in [0.1, 0.15) is 11.5 Å². The molecule has 0 atom stereocenters. The SMILES string of the molecule is Cc1noc(C)c1-c1cc2nccc(O)c2cc1Cl. The molecule has 4 nitrogen and oxygen atoms in total. The summed E-state index contributed by atoms with van der Waals surface area (Å²) in [6, 6.07) is 5.08. The van der Waals surface area contributed by atoms with Gasteiger partial charge in [-0.2, -0.15) is 0 Å². The number of nitrogens with zero attached hydrogens (tertiary/aromatic N) is 2. The minimum Gasteiger partial charge on any atom is -0.507 e. The van der Waals surface area contributed by atoms with Crippen molar-refractivity contribution in [2.75, 3.05) is 0 Å². The van der Waals surface area contributed by atoms with Gasteiger partial charge in [-0.05, 0) is 32.0 Å². The summed E-state index contributed by atoms with van der Waals surface area (Å²) < 4.78 is 5.16. The maximum absolute atomic E-state index is 9.80. The molecule has 0 unspecified atom stereocenters. The Morgan fingerprint density at radius 3 is 2.74 bits per heavy atom. The van der Waals surface area contributed by atoms with Gasteiger partial charge >= 0.3 is 0 Å². The van der Waals surface area contributed by atoms with Crippen molar-refractivity contribution in [1.29, 1.82) is 0 Å². The van der Waals surface area contributed by atoms with Crippen LogP contribution >= 0.6 is 11.6 Å². The molecule has 0 radical (unpaired) electrons. The van der Waals surface area contributed by atoms with Crippen LogP contribution < -0.4 is 0 Å². The molecule has 0 aliphatic rings. The molecule has 1 aromatic carbocycles. The van der Waals surface area contributed by atoms with Crippen LogP contribution in [-0.4, -0.2) is 15.2 Å². The molecule has 0 aliphatic heterocycles. The minimum atomic E-state index is 0.164. The molecule has 0 amide bonds. The Morgan fingerprint density at radius 1 is 1.26 bits per heavy atom. The van der Waals surface area contributed by atoms with Gasteiger partial charge in [0.25, 0.3) is 0 Å². The van der Waals surface area contributed by atoms with E-state index in [1.807, 2.05) is 19.9 Å². The van der Waals surface area contributed by atoms with Crippen LogP contribution in [0.4, 0.5) is 0 Å². The average molecular weight is 275 g/mol. The Balaban J connectivity index is 2.34. The molecule has 0 bridgehead atoms. The van der Waals surface area contributed by atoms with Gasteiger partial charge in [-0.25, -0.2) is 0 Å². The van der Waals surface area contributed by atoms with Gasteiger partial charge in [-0.15, -0.1) is 0 Å². The number of pyridine rings is 1. The third-order valence-electron chi connectivity index (χ3n) is 3.11. The molecule has 3 rings (SSSR count). The zero-order valence-electron chi connectivity index (χ0n) is 10.4. The maximum atomic E-state index is 9.80. The van der Waals surface area contributed by atoms with Gasteiger partial charge in [0, 0.05) is 27.7 Å². The number of hydrogen-bond donors (Lipinski definition) is 1. The van der Waals surface area contributed by atoms with Crippen LogP contribution in [0.2, 0.25) is 5.02 Å². The Morgan fingerprint density at radius 2 is 2.05 bits per heavy atom. The number of aromatic hydroxyl groups is 1. The zero-order chi connectivity index (χ0) is 13.6. The summed E-state index contributed by atoms with van der Waals surface area (Å²) in [5.74, 6) is 0.871. The van der Waals surface area contributed by atoms with E-state index >= 15 is 0 Å². The van der Waals surface area contributed by atoms with Gasteiger partial charge in [0.15, 0.2) is 0 Å². The fourth-order valence-electron chi connectivity index (χ4n) is 2.21. The van der Waals surface area contributed by atoms with E-state index in [9.17, 15) is 5.11 Å². The maximum Gasteiger partial charge on any atom is 0.141 e. The smallest absolute Gasteiger partial charge is 0.141 e. The third kappa shape index (κ3) is 1.85. The summed E-state index contributed by atoms with van der Waals surface area (Å²) in [5, 5.41) is 14.9. The molecule has 1 N–H and O–H groups in total. The summed E-state index contributed by atoms with van der Waals surface area (Å²) in [6.45, 7) is 3.70. The number of halogens is 1. The highest BCUT2D eigenvalue weighted by atomic mass is 35.5. The first-order valence-corrected chi connectivity index (χ1v) is 6.16. The molecule has 2 aromatic heterocycles. The fraction of sp³-hybridized carbons (Fsp3) is 0.143. The lowest BCUT2D eigenvalue weighted by Gasteiger charge is -2.07. The van der Waals surface area contributed by atoms with Crippen molar-refractivity contribution in [3.8, 4) is 16.9 Å². The van der Waals surface area contributed by atoms with E-state index in [2.05, 4.69) is 10.1 Å². The predicted octanol–water partition coefficient (Wildman–Crippen LogP) is 3.87. The van der Waals surface area contributed by atoms with Crippen molar-refractivity contribution < 1.29 is 9.63 Å². The van der Waals surface area contributed by atoms with Crippen LogP contribution in [0.3, 0.4) is 0 Å². The van der Waals surface area contributed by atoms with Crippen molar-refractivity contribution in [3.05, 3.63) is 40.9 Å². The highest BCUT2D eigenvalue weighted by molar-refractivity contribution is 6.34. The Bertz CT molecular complexity index is 761. The van der Waals surface area contributed by atoms with Crippen molar-refractivity contribution >= 4 is 22.5 Å². The molecule has 19 heavy (non-hydrogen) atoms. The third-order valence-corrected chi connectivity index (χ3v) is 3.42. The van der Waals surface area contributed by atoms with Crippen molar-refractivity contribution in [2.45, 2.75) is 13.8 Å². The summed E-state index contributed by atoms with van der Waals surface area (Å²) >= 11 is 6.30. The van der Waals surface area contributed by atoms with Gasteiger partial charge in [0.2, 0.25) is 0 Å². The van der Waals surface area contributed by atoms with Crippen molar-refractivity contribution in [2.24, 2.45) is 0 Å². The van der Waals surface area contributed by atoms with Crippen LogP contribution in [0.25, 0.3) is 22.0 Å². The largest absolute Gasteiger partial charge is 0.507 e. The van der Waals surface area contributed by atoms with Crippen LogP contribution in [-0.2, 0) is 0 Å². The van der Waals surface area contributed by atoms with Crippen LogP contribution in [0.15, 0.2) is 28.9 Å². The second-order valence-corrected chi connectivity index (χ2v) is 4.79. The fourth-order valence-corrected chi connectivity index (χ4v) is 2.47. The minimum absolute atomic E-state index is 0.164. The number of hydrogen-bond acceptors (Lipinski definition) is 4. The monoisotopic (exact) mass is 274 g/mol. The van der Waals surface area contributed by atoms with Crippen molar-refractivity contribution in [1.82, 2.24) is 10.1 Å². The first kappa shape index (κ1) is 12.0. The number of aromatic nitrogens is 2. The molecule has 0 aliphatic carbocycles. The van der Waals surface area contributed by atoms with Crippen LogP contribution in [0, 0.1) is 13.8 Å². The Hall–Kier alpha value is -2.07. The van der Waals surface area contributed by atoms with Crippen LogP contribution in [0.5, 0.6) is 5.75 Å². The second kappa shape index (κ2) is 4.24. The van der Waals surface area contributed by atoms with Gasteiger partial charge in [-0.1, -0.05) is 16.8 Å². The normalized spacial score (nSPS) is 11.1. The lowest BCUT2D eigenvalue weighted by Crippen LogP contribution is -1.87. The molecule has 0 spiro atoms. The highest BCUT2D eigenvalue weighted by Crippen LogP contribution is 2.37. The molecule has 0 saturated carbocycles. The number of fused-ring (bicyclic) bond motifs is 1. The molecule has 5 heteroatoms. The summed E-state index contributed by atoms with van der Waals surface area (Å²) in [6.07, 6.45) is 1.56. The summed E-state index contributed by atoms with van der Waals surface area (Å²) in [7, 11) is 0. The Labute approximate surface area is 114 Å². The van der Waals surface area contributed by atoms with E-state index < -0.39 is 0 Å². The Kier molecular flexibility index (Phi) is 2.68. The van der Waals surface area contributed by atoms with Gasteiger partial charge in [0.1, 0.15) is 11.5 Å². The highest BCUT2D eigenvalue weighted by Gasteiger charge is 2.16. The predicted molar refractivity (Wildman–Crippen MR) is 73.4 cm³/mol. The first-order chi connectivity index (χ1) is 9.08. The lowest BCUT2D eigenvalue weighted by atomic mass is 10.0. The van der Waals surface area contributed by atoms with E-state index in [0.29, 0.717) is 21.7 Å². The average Bonchev–Trinajstić information content (AvgIpc) is 2.70. The van der Waals surface area contributed by atoms with E-state index in [4.69, 9.17) is 16.1 Å². The number of aryl methyl sites for hydroxylation is 2. The topological polar surface area (TPSA) is 59.2 Å². The number of rotatable bonds is 1. The summed E-state index contributed by atoms with van der Waals surface area (Å²) in [4.78, 5) is 4.24. The van der Waals surface area contributed by atoms with E-state index in [0.717, 1.165) is 16.8 Å². The first-order valence-electron chi connectivity index (χ1n) is 5.78. The van der Waals surface area contributed by atoms with Gasteiger partial charge < -0.3 is 9.63 Å². The molecule has 0 fully saturated rings. The molecule has 0 saturated heterocycles. The van der Waals surface area contributed by atoms with E-state index in [1.165, 1.54) is 6.07 Å².